The maximum Gasteiger partial charge on any atom is 0.170 e. The average Bonchev–Trinajstić information content (AvgIpc) is 2.39. The summed E-state index contributed by atoms with van der Waals surface area (Å²) in [6.45, 7) is 0. The Labute approximate surface area is 105 Å². The standard InChI is InChI=1S/C15H12O3/c16-11-7-5-10(6-8-11)15-9-13(17)12-3-1-2-4-14(12)18-15/h1-8,15-16H,9H2/t15-/m0/s1. The van der Waals surface area contributed by atoms with Gasteiger partial charge in [-0.2, -0.15) is 0 Å². The van der Waals surface area contributed by atoms with Gasteiger partial charge in [0.05, 0.1) is 12.0 Å². The zero-order valence-electron chi connectivity index (χ0n) is 9.67. The van der Waals surface area contributed by atoms with Crippen LogP contribution in [-0.2, 0) is 0 Å². The Hall–Kier alpha value is -2.29. The average molecular weight is 240 g/mol. The van der Waals surface area contributed by atoms with Gasteiger partial charge in [-0.15, -0.1) is 0 Å². The second-order valence-corrected chi connectivity index (χ2v) is 4.32. The van der Waals surface area contributed by atoms with Crippen molar-refractivity contribution >= 4 is 5.78 Å². The van der Waals surface area contributed by atoms with Crippen molar-refractivity contribution in [3.8, 4) is 11.5 Å². The van der Waals surface area contributed by atoms with Crippen molar-refractivity contribution < 1.29 is 14.6 Å². The quantitative estimate of drug-likeness (QED) is 0.833. The van der Waals surface area contributed by atoms with Crippen molar-refractivity contribution in [2.24, 2.45) is 0 Å². The minimum absolute atomic E-state index is 0.0925. The molecule has 18 heavy (non-hydrogen) atoms. The third-order valence-electron chi connectivity index (χ3n) is 3.09. The molecule has 90 valence electrons. The molecule has 0 unspecified atom stereocenters. The van der Waals surface area contributed by atoms with E-state index in [4.69, 9.17) is 4.74 Å². The predicted octanol–water partition coefficient (Wildman–Crippen LogP) is 3.10. The fraction of sp³-hybridized carbons (Fsp3) is 0.133. The van der Waals surface area contributed by atoms with Gasteiger partial charge in [-0.25, -0.2) is 0 Å². The molecule has 3 heteroatoms. The molecule has 1 N–H and O–H groups in total. The van der Waals surface area contributed by atoms with Crippen LogP contribution in [0.25, 0.3) is 0 Å². The Bertz CT molecular complexity index is 587. The number of carbonyl (C=O) groups excluding carboxylic acids is 1. The van der Waals surface area contributed by atoms with Gasteiger partial charge in [0.15, 0.2) is 5.78 Å². The molecule has 0 amide bonds. The molecule has 0 spiro atoms. The van der Waals surface area contributed by atoms with Crippen molar-refractivity contribution in [2.75, 3.05) is 0 Å². The van der Waals surface area contributed by atoms with Crippen LogP contribution in [-0.4, -0.2) is 10.9 Å². The fourth-order valence-corrected chi connectivity index (χ4v) is 2.15. The third kappa shape index (κ3) is 1.84. The Morgan fingerprint density at radius 2 is 1.78 bits per heavy atom. The van der Waals surface area contributed by atoms with Crippen LogP contribution in [0.1, 0.15) is 28.4 Å². The van der Waals surface area contributed by atoms with Crippen molar-refractivity contribution in [3.05, 3.63) is 59.7 Å². The molecule has 1 atom stereocenters. The summed E-state index contributed by atoms with van der Waals surface area (Å²) < 4.78 is 5.83. The second-order valence-electron chi connectivity index (χ2n) is 4.32. The zero-order valence-corrected chi connectivity index (χ0v) is 9.67. The number of Topliss-reactive ketones (excluding diaryl/α,β-unsaturated/α-hetero) is 1. The molecule has 1 heterocycles. The molecule has 0 aliphatic carbocycles. The molecule has 0 fully saturated rings. The molecule has 3 nitrogen and oxygen atoms in total. The Kier molecular flexibility index (Phi) is 2.52. The molecule has 0 saturated heterocycles. The van der Waals surface area contributed by atoms with Gasteiger partial charge in [-0.1, -0.05) is 24.3 Å². The monoisotopic (exact) mass is 240 g/mol. The van der Waals surface area contributed by atoms with E-state index in [1.807, 2.05) is 12.1 Å². The Balaban J connectivity index is 1.94. The highest BCUT2D eigenvalue weighted by Crippen LogP contribution is 2.34. The molecule has 2 aromatic carbocycles. The van der Waals surface area contributed by atoms with E-state index in [-0.39, 0.29) is 17.6 Å². The zero-order chi connectivity index (χ0) is 12.5. The first-order valence-corrected chi connectivity index (χ1v) is 5.82. The van der Waals surface area contributed by atoms with Gasteiger partial charge in [0.25, 0.3) is 0 Å². The fourth-order valence-electron chi connectivity index (χ4n) is 2.15. The molecule has 1 aliphatic heterocycles. The second kappa shape index (κ2) is 4.18. The van der Waals surface area contributed by atoms with Crippen molar-refractivity contribution in [2.45, 2.75) is 12.5 Å². The minimum Gasteiger partial charge on any atom is -0.508 e. The van der Waals surface area contributed by atoms with E-state index in [2.05, 4.69) is 0 Å². The summed E-state index contributed by atoms with van der Waals surface area (Å²) in [7, 11) is 0. The van der Waals surface area contributed by atoms with Crippen LogP contribution in [0.2, 0.25) is 0 Å². The Morgan fingerprint density at radius 3 is 2.56 bits per heavy atom. The Morgan fingerprint density at radius 1 is 1.06 bits per heavy atom. The van der Waals surface area contributed by atoms with Gasteiger partial charge < -0.3 is 9.84 Å². The number of benzene rings is 2. The topological polar surface area (TPSA) is 46.5 Å². The normalized spacial score (nSPS) is 18.0. The first-order chi connectivity index (χ1) is 8.74. The van der Waals surface area contributed by atoms with Crippen molar-refractivity contribution in [1.29, 1.82) is 0 Å². The van der Waals surface area contributed by atoms with Gasteiger partial charge in [0.1, 0.15) is 17.6 Å². The van der Waals surface area contributed by atoms with Gasteiger partial charge >= 0.3 is 0 Å². The van der Waals surface area contributed by atoms with Crippen LogP contribution >= 0.6 is 0 Å². The molecule has 0 aromatic heterocycles. The van der Waals surface area contributed by atoms with Crippen LogP contribution in [0.15, 0.2) is 48.5 Å². The van der Waals surface area contributed by atoms with Crippen LogP contribution in [0.5, 0.6) is 11.5 Å². The highest BCUT2D eigenvalue weighted by Gasteiger charge is 2.26. The first kappa shape index (κ1) is 10.8. The lowest BCUT2D eigenvalue weighted by molar-refractivity contribution is 0.0850. The summed E-state index contributed by atoms with van der Waals surface area (Å²) in [5.74, 6) is 0.933. The summed E-state index contributed by atoms with van der Waals surface area (Å²) in [4.78, 5) is 12.0. The van der Waals surface area contributed by atoms with Crippen LogP contribution in [0, 0.1) is 0 Å². The molecule has 0 radical (unpaired) electrons. The number of hydrogen-bond acceptors (Lipinski definition) is 3. The molecule has 3 rings (SSSR count). The summed E-state index contributed by atoms with van der Waals surface area (Å²) in [6, 6.07) is 14.0. The maximum absolute atomic E-state index is 12.0. The summed E-state index contributed by atoms with van der Waals surface area (Å²) in [5.41, 5.74) is 1.54. The number of ketones is 1. The molecular weight excluding hydrogens is 228 g/mol. The predicted molar refractivity (Wildman–Crippen MR) is 66.9 cm³/mol. The van der Waals surface area contributed by atoms with E-state index in [0.29, 0.717) is 17.7 Å². The van der Waals surface area contributed by atoms with E-state index in [9.17, 15) is 9.90 Å². The van der Waals surface area contributed by atoms with E-state index in [1.54, 1.807) is 36.4 Å². The summed E-state index contributed by atoms with van der Waals surface area (Å²) >= 11 is 0. The molecular formula is C15H12O3. The number of fused-ring (bicyclic) bond motifs is 1. The van der Waals surface area contributed by atoms with Gasteiger partial charge in [0.2, 0.25) is 0 Å². The molecule has 2 aromatic rings. The van der Waals surface area contributed by atoms with Gasteiger partial charge in [-0.05, 0) is 29.8 Å². The highest BCUT2D eigenvalue weighted by atomic mass is 16.5. The van der Waals surface area contributed by atoms with Crippen molar-refractivity contribution in [3.63, 3.8) is 0 Å². The lowest BCUT2D eigenvalue weighted by atomic mass is 9.96. The lowest BCUT2D eigenvalue weighted by Gasteiger charge is -2.25. The van der Waals surface area contributed by atoms with Crippen LogP contribution in [0.4, 0.5) is 0 Å². The summed E-state index contributed by atoms with van der Waals surface area (Å²) in [6.07, 6.45) is 0.0647. The number of ether oxygens (including phenoxy) is 1. The van der Waals surface area contributed by atoms with E-state index < -0.39 is 0 Å². The number of aromatic hydroxyl groups is 1. The van der Waals surface area contributed by atoms with Gasteiger partial charge in [0, 0.05) is 0 Å². The van der Waals surface area contributed by atoms with E-state index >= 15 is 0 Å². The number of carbonyl (C=O) groups is 1. The number of phenolic OH excluding ortho intramolecular Hbond substituents is 1. The molecule has 0 bridgehead atoms. The number of rotatable bonds is 1. The third-order valence-corrected chi connectivity index (χ3v) is 3.09. The molecule has 1 aliphatic rings. The number of phenols is 1. The minimum atomic E-state index is -0.270. The smallest absolute Gasteiger partial charge is 0.170 e. The van der Waals surface area contributed by atoms with E-state index in [1.165, 1.54) is 0 Å². The number of hydrogen-bond donors (Lipinski definition) is 1. The first-order valence-electron chi connectivity index (χ1n) is 5.82. The van der Waals surface area contributed by atoms with Crippen LogP contribution in [0.3, 0.4) is 0 Å². The maximum atomic E-state index is 12.0. The largest absolute Gasteiger partial charge is 0.508 e. The highest BCUT2D eigenvalue weighted by molar-refractivity contribution is 5.99. The lowest BCUT2D eigenvalue weighted by Crippen LogP contribution is -2.20. The van der Waals surface area contributed by atoms with Crippen molar-refractivity contribution in [1.82, 2.24) is 0 Å². The SMILES string of the molecule is O=C1C[C@@H](c2ccc(O)cc2)Oc2ccccc21. The van der Waals surface area contributed by atoms with Crippen LogP contribution < -0.4 is 4.74 Å². The van der Waals surface area contributed by atoms with Gasteiger partial charge in [-0.3, -0.25) is 4.79 Å². The van der Waals surface area contributed by atoms with E-state index in [0.717, 1.165) is 5.56 Å². The number of para-hydroxylation sites is 1. The summed E-state index contributed by atoms with van der Waals surface area (Å²) in [5, 5.41) is 9.26. The molecule has 0 saturated carbocycles.